The number of rotatable bonds is 4. The normalized spacial score (nSPS) is 18.9. The second kappa shape index (κ2) is 6.17. The molecule has 0 saturated carbocycles. The van der Waals surface area contributed by atoms with E-state index >= 15 is 0 Å². The summed E-state index contributed by atoms with van der Waals surface area (Å²) in [5.41, 5.74) is 0. The fourth-order valence-electron chi connectivity index (χ4n) is 2.57. The topological polar surface area (TPSA) is 70.8 Å². The van der Waals surface area contributed by atoms with Crippen molar-refractivity contribution >= 4 is 26.0 Å². The first-order valence-electron chi connectivity index (χ1n) is 6.75. The van der Waals surface area contributed by atoms with Gasteiger partial charge in [0.25, 0.3) is 0 Å². The Balaban J connectivity index is 2.17. The summed E-state index contributed by atoms with van der Waals surface area (Å²) in [4.78, 5) is 0.101. The maximum atomic E-state index is 12.6. The molecule has 1 fully saturated rings. The molecule has 2 rings (SSSR count). The lowest BCUT2D eigenvalue weighted by molar-refractivity contribution is 0.226. The molecule has 1 aliphatic rings. The highest BCUT2D eigenvalue weighted by atomic mass is 79.9. The summed E-state index contributed by atoms with van der Waals surface area (Å²) in [6, 6.07) is 1.38. The summed E-state index contributed by atoms with van der Waals surface area (Å²) in [6.45, 7) is 5.11. The zero-order valence-electron chi connectivity index (χ0n) is 11.7. The summed E-state index contributed by atoms with van der Waals surface area (Å²) in [5.74, 6) is 1.41. The van der Waals surface area contributed by atoms with Gasteiger partial charge in [-0.15, -0.1) is 0 Å². The Hall–Kier alpha value is -0.370. The van der Waals surface area contributed by atoms with E-state index in [-0.39, 0.29) is 21.9 Å². The van der Waals surface area contributed by atoms with E-state index in [1.165, 1.54) is 10.4 Å². The molecule has 5 nitrogen and oxygen atoms in total. The summed E-state index contributed by atoms with van der Waals surface area (Å²) in [5, 5.41) is 9.02. The van der Waals surface area contributed by atoms with Gasteiger partial charge in [-0.05, 0) is 40.6 Å². The largest absolute Gasteiger partial charge is 0.450 e. The van der Waals surface area contributed by atoms with Crippen molar-refractivity contribution in [3.8, 4) is 0 Å². The van der Waals surface area contributed by atoms with E-state index in [0.29, 0.717) is 24.9 Å². The van der Waals surface area contributed by atoms with Gasteiger partial charge in [0.15, 0.2) is 4.67 Å². The lowest BCUT2D eigenvalue weighted by Gasteiger charge is -2.32. The Morgan fingerprint density at radius 1 is 1.45 bits per heavy atom. The number of hydrogen-bond donors (Lipinski definition) is 1. The molecule has 1 aliphatic heterocycles. The lowest BCUT2D eigenvalue weighted by Crippen LogP contribution is -2.39. The van der Waals surface area contributed by atoms with Gasteiger partial charge in [0.1, 0.15) is 17.3 Å². The molecule has 0 amide bonds. The van der Waals surface area contributed by atoms with Gasteiger partial charge < -0.3 is 9.52 Å². The first kappa shape index (κ1) is 16.0. The van der Waals surface area contributed by atoms with Crippen molar-refractivity contribution in [3.05, 3.63) is 16.5 Å². The van der Waals surface area contributed by atoms with Crippen molar-refractivity contribution in [1.82, 2.24) is 4.31 Å². The highest BCUT2D eigenvalue weighted by Crippen LogP contribution is 2.32. The average molecular weight is 366 g/mol. The van der Waals surface area contributed by atoms with Crippen molar-refractivity contribution in [2.24, 2.45) is 11.8 Å². The minimum Gasteiger partial charge on any atom is -0.450 e. The van der Waals surface area contributed by atoms with Crippen LogP contribution >= 0.6 is 15.9 Å². The molecule has 0 atom stereocenters. The number of piperidine rings is 1. The van der Waals surface area contributed by atoms with Crippen LogP contribution in [-0.2, 0) is 16.6 Å². The van der Waals surface area contributed by atoms with E-state index in [2.05, 4.69) is 29.8 Å². The third kappa shape index (κ3) is 3.10. The monoisotopic (exact) mass is 365 g/mol. The summed E-state index contributed by atoms with van der Waals surface area (Å²) >= 11 is 3.11. The van der Waals surface area contributed by atoms with Crippen LogP contribution in [0.4, 0.5) is 0 Å². The molecule has 0 spiro atoms. The van der Waals surface area contributed by atoms with E-state index in [1.54, 1.807) is 0 Å². The first-order chi connectivity index (χ1) is 9.36. The molecule has 0 bridgehead atoms. The van der Waals surface area contributed by atoms with Crippen LogP contribution < -0.4 is 0 Å². The van der Waals surface area contributed by atoms with Gasteiger partial charge in [-0.3, -0.25) is 0 Å². The van der Waals surface area contributed by atoms with Gasteiger partial charge in [0.2, 0.25) is 10.0 Å². The predicted octanol–water partition coefficient (Wildman–Crippen LogP) is 2.59. The van der Waals surface area contributed by atoms with Crippen molar-refractivity contribution in [2.45, 2.75) is 38.2 Å². The first-order valence-corrected chi connectivity index (χ1v) is 8.98. The molecule has 1 N–H and O–H groups in total. The van der Waals surface area contributed by atoms with Gasteiger partial charge in [-0.2, -0.15) is 4.31 Å². The molecule has 1 aromatic rings. The summed E-state index contributed by atoms with van der Waals surface area (Å²) in [6.07, 6.45) is 1.78. The molecule has 20 heavy (non-hydrogen) atoms. The SMILES string of the molecule is CC(C)C1CCN(S(=O)(=O)c2cc(CO)oc2Br)CC1. The second-order valence-electron chi connectivity index (χ2n) is 5.49. The molecule has 114 valence electrons. The zero-order chi connectivity index (χ0) is 14.9. The van der Waals surface area contributed by atoms with Crippen molar-refractivity contribution in [3.63, 3.8) is 0 Å². The van der Waals surface area contributed by atoms with Gasteiger partial charge in [0, 0.05) is 19.2 Å². The van der Waals surface area contributed by atoms with Crippen LogP contribution in [0.1, 0.15) is 32.4 Å². The standard InChI is InChI=1S/C13H20BrNO4S/c1-9(2)10-3-5-15(6-4-10)20(17,18)12-7-11(8-16)19-13(12)14/h7,9-10,16H,3-6,8H2,1-2H3. The molecule has 0 aliphatic carbocycles. The molecule has 0 radical (unpaired) electrons. The Kier molecular flexibility index (Phi) is 4.94. The molecular weight excluding hydrogens is 346 g/mol. The Morgan fingerprint density at radius 3 is 2.50 bits per heavy atom. The van der Waals surface area contributed by atoms with Crippen LogP contribution in [0.3, 0.4) is 0 Å². The lowest BCUT2D eigenvalue weighted by atomic mass is 9.87. The smallest absolute Gasteiger partial charge is 0.247 e. The minimum absolute atomic E-state index is 0.101. The van der Waals surface area contributed by atoms with Crippen molar-refractivity contribution < 1.29 is 17.9 Å². The Labute approximate surface area is 128 Å². The van der Waals surface area contributed by atoms with Crippen LogP contribution in [0, 0.1) is 11.8 Å². The fourth-order valence-corrected chi connectivity index (χ4v) is 5.00. The highest BCUT2D eigenvalue weighted by Gasteiger charge is 2.33. The summed E-state index contributed by atoms with van der Waals surface area (Å²) < 4.78 is 32.0. The number of halogens is 1. The predicted molar refractivity (Wildman–Crippen MR) is 78.7 cm³/mol. The highest BCUT2D eigenvalue weighted by molar-refractivity contribution is 9.10. The van der Waals surface area contributed by atoms with E-state index in [1.807, 2.05) is 0 Å². The van der Waals surface area contributed by atoms with Crippen LogP contribution in [0.2, 0.25) is 0 Å². The number of furan rings is 1. The molecule has 0 unspecified atom stereocenters. The van der Waals surface area contributed by atoms with Crippen LogP contribution in [-0.4, -0.2) is 30.9 Å². The number of nitrogens with zero attached hydrogens (tertiary/aromatic N) is 1. The molecule has 2 heterocycles. The number of sulfonamides is 1. The van der Waals surface area contributed by atoms with Gasteiger partial charge in [-0.25, -0.2) is 8.42 Å². The Morgan fingerprint density at radius 2 is 2.05 bits per heavy atom. The van der Waals surface area contributed by atoms with Gasteiger partial charge in [0.05, 0.1) is 0 Å². The van der Waals surface area contributed by atoms with Gasteiger partial charge >= 0.3 is 0 Å². The number of aliphatic hydroxyl groups excluding tert-OH is 1. The minimum atomic E-state index is -3.55. The second-order valence-corrected chi connectivity index (χ2v) is 8.12. The molecular formula is C13H20BrNO4S. The molecule has 0 aromatic carbocycles. The van der Waals surface area contributed by atoms with Crippen molar-refractivity contribution in [2.75, 3.05) is 13.1 Å². The molecule has 7 heteroatoms. The number of aliphatic hydroxyl groups is 1. The molecule has 1 aromatic heterocycles. The third-order valence-electron chi connectivity index (χ3n) is 3.92. The zero-order valence-corrected chi connectivity index (χ0v) is 14.1. The van der Waals surface area contributed by atoms with E-state index in [4.69, 9.17) is 9.52 Å². The van der Waals surface area contributed by atoms with Crippen LogP contribution in [0.5, 0.6) is 0 Å². The quantitative estimate of drug-likeness (QED) is 0.889. The van der Waals surface area contributed by atoms with E-state index in [9.17, 15) is 8.42 Å². The average Bonchev–Trinajstić information content (AvgIpc) is 2.81. The van der Waals surface area contributed by atoms with Gasteiger partial charge in [-0.1, -0.05) is 13.8 Å². The maximum absolute atomic E-state index is 12.6. The van der Waals surface area contributed by atoms with Crippen LogP contribution in [0.15, 0.2) is 20.0 Å². The Bertz CT molecular complexity index is 559. The maximum Gasteiger partial charge on any atom is 0.247 e. The molecule has 1 saturated heterocycles. The van der Waals surface area contributed by atoms with Crippen LogP contribution in [0.25, 0.3) is 0 Å². The number of hydrogen-bond acceptors (Lipinski definition) is 4. The summed E-state index contributed by atoms with van der Waals surface area (Å²) in [7, 11) is -3.55. The fraction of sp³-hybridized carbons (Fsp3) is 0.692. The van der Waals surface area contributed by atoms with E-state index in [0.717, 1.165) is 12.8 Å². The van der Waals surface area contributed by atoms with E-state index < -0.39 is 10.0 Å². The van der Waals surface area contributed by atoms with Crippen molar-refractivity contribution in [1.29, 1.82) is 0 Å². The third-order valence-corrected chi connectivity index (χ3v) is 6.68.